The molecule has 1 saturated heterocycles. The molecule has 7 heteroatoms. The Labute approximate surface area is 111 Å². The molecule has 2 unspecified atom stereocenters. The smallest absolute Gasteiger partial charge is 0.250 e. The summed E-state index contributed by atoms with van der Waals surface area (Å²) in [5, 5.41) is 9.19. The molecule has 0 saturated carbocycles. The van der Waals surface area contributed by atoms with E-state index < -0.39 is 5.91 Å². The van der Waals surface area contributed by atoms with E-state index in [1.807, 2.05) is 11.8 Å². The highest BCUT2D eigenvalue weighted by Gasteiger charge is 2.26. The third-order valence-electron chi connectivity index (χ3n) is 3.04. The molecule has 1 aromatic rings. The van der Waals surface area contributed by atoms with Crippen LogP contribution in [0.4, 0.5) is 11.5 Å². The molecule has 5 N–H and O–H groups in total. The van der Waals surface area contributed by atoms with Gasteiger partial charge in [-0.2, -0.15) is 0 Å². The molecule has 2 rings (SSSR count). The first-order chi connectivity index (χ1) is 9.01. The highest BCUT2D eigenvalue weighted by molar-refractivity contribution is 5.98. The fraction of sp³-hybridized carbons (Fsp3) is 0.500. The van der Waals surface area contributed by atoms with Crippen LogP contribution in [0.15, 0.2) is 12.3 Å². The molecule has 0 aliphatic carbocycles. The number of nitrogens with two attached hydrogens (primary N) is 2. The first-order valence-corrected chi connectivity index (χ1v) is 6.08. The molecular weight excluding hydrogens is 248 g/mol. The van der Waals surface area contributed by atoms with Crippen molar-refractivity contribution in [3.8, 4) is 0 Å². The molecule has 2 atom stereocenters. The van der Waals surface area contributed by atoms with Crippen LogP contribution in [0, 0.1) is 0 Å². The van der Waals surface area contributed by atoms with E-state index in [-0.39, 0.29) is 30.1 Å². The summed E-state index contributed by atoms with van der Waals surface area (Å²) in [6.07, 6.45) is 1.13. The first kappa shape index (κ1) is 13.6. The van der Waals surface area contributed by atoms with Crippen molar-refractivity contribution in [2.75, 3.05) is 30.3 Å². The molecule has 1 amide bonds. The maximum absolute atomic E-state index is 11.3. The Morgan fingerprint density at radius 2 is 2.37 bits per heavy atom. The molecule has 1 aliphatic heterocycles. The second-order valence-corrected chi connectivity index (χ2v) is 4.65. The molecule has 1 fully saturated rings. The van der Waals surface area contributed by atoms with Gasteiger partial charge in [0.2, 0.25) is 0 Å². The summed E-state index contributed by atoms with van der Waals surface area (Å²) >= 11 is 0. The lowest BCUT2D eigenvalue weighted by molar-refractivity contribution is -0.0423. The summed E-state index contributed by atoms with van der Waals surface area (Å²) in [5.74, 6) is 0.0257. The Morgan fingerprint density at radius 1 is 1.63 bits per heavy atom. The Bertz CT molecular complexity index is 480. The minimum atomic E-state index is -0.582. The molecule has 19 heavy (non-hydrogen) atoms. The second kappa shape index (κ2) is 5.41. The molecule has 1 aromatic heterocycles. The summed E-state index contributed by atoms with van der Waals surface area (Å²) < 4.78 is 5.55. The number of ether oxygens (including phenoxy) is 1. The predicted molar refractivity (Wildman–Crippen MR) is 70.8 cm³/mol. The molecule has 0 aromatic carbocycles. The molecule has 104 valence electrons. The van der Waals surface area contributed by atoms with Gasteiger partial charge in [-0.15, -0.1) is 0 Å². The average Bonchev–Trinajstić information content (AvgIpc) is 2.38. The topological polar surface area (TPSA) is 115 Å². The second-order valence-electron chi connectivity index (χ2n) is 4.65. The van der Waals surface area contributed by atoms with Crippen molar-refractivity contribution >= 4 is 17.4 Å². The van der Waals surface area contributed by atoms with Crippen LogP contribution in [-0.2, 0) is 4.74 Å². The van der Waals surface area contributed by atoms with Crippen LogP contribution in [-0.4, -0.2) is 47.9 Å². The van der Waals surface area contributed by atoms with E-state index in [4.69, 9.17) is 16.2 Å². The lowest BCUT2D eigenvalue weighted by atomic mass is 10.2. The van der Waals surface area contributed by atoms with Gasteiger partial charge in [-0.25, -0.2) is 4.98 Å². The number of nitrogen functional groups attached to an aromatic ring is 1. The molecule has 1 aliphatic rings. The third kappa shape index (κ3) is 2.94. The lowest BCUT2D eigenvalue weighted by Crippen LogP contribution is -2.48. The first-order valence-electron chi connectivity index (χ1n) is 6.08. The number of aliphatic hydroxyl groups excluding tert-OH is 1. The maximum atomic E-state index is 11.3. The van der Waals surface area contributed by atoms with E-state index in [0.29, 0.717) is 18.9 Å². The fourth-order valence-electron chi connectivity index (χ4n) is 2.17. The number of morpholine rings is 1. The molecule has 0 radical (unpaired) electrons. The number of hydrogen-bond acceptors (Lipinski definition) is 6. The van der Waals surface area contributed by atoms with Gasteiger partial charge in [0.25, 0.3) is 5.91 Å². The minimum Gasteiger partial charge on any atom is -0.397 e. The molecular formula is C12H18N4O3. The number of nitrogens with zero attached hydrogens (tertiary/aromatic N) is 2. The highest BCUT2D eigenvalue weighted by atomic mass is 16.5. The van der Waals surface area contributed by atoms with Gasteiger partial charge in [0.15, 0.2) is 0 Å². The highest BCUT2D eigenvalue weighted by Crippen LogP contribution is 2.21. The minimum absolute atomic E-state index is 0.0257. The van der Waals surface area contributed by atoms with Crippen LogP contribution in [0.25, 0.3) is 0 Å². The van der Waals surface area contributed by atoms with E-state index in [9.17, 15) is 9.90 Å². The number of aromatic nitrogens is 1. The number of carbonyl (C=O) groups is 1. The normalized spacial score (nSPS) is 23.4. The quantitative estimate of drug-likeness (QED) is 0.669. The zero-order valence-electron chi connectivity index (χ0n) is 10.7. The van der Waals surface area contributed by atoms with Crippen molar-refractivity contribution in [2.24, 2.45) is 5.73 Å². The van der Waals surface area contributed by atoms with Gasteiger partial charge in [0.1, 0.15) is 5.82 Å². The van der Waals surface area contributed by atoms with Gasteiger partial charge in [-0.3, -0.25) is 4.79 Å². The number of pyridine rings is 1. The number of carbonyl (C=O) groups excluding carboxylic acids is 1. The lowest BCUT2D eigenvalue weighted by Gasteiger charge is -2.36. The van der Waals surface area contributed by atoms with E-state index >= 15 is 0 Å². The van der Waals surface area contributed by atoms with Crippen LogP contribution in [0.5, 0.6) is 0 Å². The van der Waals surface area contributed by atoms with Crippen LogP contribution < -0.4 is 16.4 Å². The zero-order chi connectivity index (χ0) is 14.0. The van der Waals surface area contributed by atoms with Gasteiger partial charge < -0.3 is 26.2 Å². The van der Waals surface area contributed by atoms with Crippen LogP contribution in [0.2, 0.25) is 0 Å². The largest absolute Gasteiger partial charge is 0.397 e. The average molecular weight is 266 g/mol. The third-order valence-corrected chi connectivity index (χ3v) is 3.04. The van der Waals surface area contributed by atoms with Crippen molar-refractivity contribution in [1.82, 2.24) is 4.98 Å². The number of hydrogen-bond donors (Lipinski definition) is 3. The van der Waals surface area contributed by atoms with E-state index in [1.165, 1.54) is 6.20 Å². The Balaban J connectivity index is 2.26. The summed E-state index contributed by atoms with van der Waals surface area (Å²) in [4.78, 5) is 17.4. The van der Waals surface area contributed by atoms with Crippen LogP contribution in [0.1, 0.15) is 17.3 Å². The summed E-state index contributed by atoms with van der Waals surface area (Å²) in [5.41, 5.74) is 11.4. The summed E-state index contributed by atoms with van der Waals surface area (Å²) in [6, 6.07) is 1.57. The summed E-state index contributed by atoms with van der Waals surface area (Å²) in [7, 11) is 0. The van der Waals surface area contributed by atoms with E-state index in [2.05, 4.69) is 4.98 Å². The van der Waals surface area contributed by atoms with Crippen molar-refractivity contribution in [3.63, 3.8) is 0 Å². The zero-order valence-corrected chi connectivity index (χ0v) is 10.7. The van der Waals surface area contributed by atoms with Crippen molar-refractivity contribution < 1.29 is 14.6 Å². The van der Waals surface area contributed by atoms with Crippen molar-refractivity contribution in [3.05, 3.63) is 17.8 Å². The predicted octanol–water partition coefficient (Wildman–Crippen LogP) is -0.651. The number of amides is 1. The Hall–Kier alpha value is -1.86. The Kier molecular flexibility index (Phi) is 3.87. The molecule has 2 heterocycles. The number of primary amides is 1. The van der Waals surface area contributed by atoms with Gasteiger partial charge >= 0.3 is 0 Å². The number of anilines is 2. The van der Waals surface area contributed by atoms with Gasteiger partial charge in [-0.1, -0.05) is 0 Å². The van der Waals surface area contributed by atoms with Crippen LogP contribution >= 0.6 is 0 Å². The van der Waals surface area contributed by atoms with Crippen molar-refractivity contribution in [1.29, 1.82) is 0 Å². The van der Waals surface area contributed by atoms with Gasteiger partial charge in [0, 0.05) is 13.1 Å². The molecule has 0 spiro atoms. The van der Waals surface area contributed by atoms with E-state index in [0.717, 1.165) is 0 Å². The van der Waals surface area contributed by atoms with Crippen molar-refractivity contribution in [2.45, 2.75) is 19.1 Å². The van der Waals surface area contributed by atoms with Gasteiger partial charge in [0.05, 0.1) is 36.3 Å². The van der Waals surface area contributed by atoms with E-state index in [1.54, 1.807) is 6.07 Å². The number of aliphatic hydroxyl groups is 1. The monoisotopic (exact) mass is 266 g/mol. The maximum Gasteiger partial charge on any atom is 0.250 e. The van der Waals surface area contributed by atoms with Crippen LogP contribution in [0.3, 0.4) is 0 Å². The standard InChI is InChI=1S/C12H18N4O3/c1-7-4-16(5-8(6-17)19-7)11-2-9(12(14)18)10(13)3-15-11/h2-3,7-8,17H,4-6,13H2,1H3,(H2,14,18). The molecule has 0 bridgehead atoms. The van der Waals surface area contributed by atoms with Gasteiger partial charge in [-0.05, 0) is 13.0 Å². The summed E-state index contributed by atoms with van der Waals surface area (Å²) in [6.45, 7) is 3.00. The number of rotatable bonds is 3. The molecule has 7 nitrogen and oxygen atoms in total. The fourth-order valence-corrected chi connectivity index (χ4v) is 2.17. The SMILES string of the molecule is CC1CN(c2cc(C(N)=O)c(N)cn2)CC(CO)O1. The Morgan fingerprint density at radius 3 is 3.00 bits per heavy atom.